The minimum atomic E-state index is -4.60. The van der Waals surface area contributed by atoms with Gasteiger partial charge >= 0.3 is 36.2 Å². The van der Waals surface area contributed by atoms with Crippen molar-refractivity contribution in [2.24, 2.45) is 0 Å². The van der Waals surface area contributed by atoms with Crippen molar-refractivity contribution in [3.63, 3.8) is 0 Å². The summed E-state index contributed by atoms with van der Waals surface area (Å²) >= 11 is 11.9. The van der Waals surface area contributed by atoms with Gasteiger partial charge in [-0.25, -0.2) is 4.39 Å². The lowest BCUT2D eigenvalue weighted by atomic mass is 10.0. The Bertz CT molecular complexity index is 4910. The number of carbonyl (C=O) groups is 6. The summed E-state index contributed by atoms with van der Waals surface area (Å²) in [5.41, 5.74) is 5.14. The highest BCUT2D eigenvalue weighted by Gasteiger charge is 2.38. The number of carboxylic acids is 3. The number of carbonyl (C=O) groups excluding carboxylic acids is 3. The van der Waals surface area contributed by atoms with Crippen LogP contribution in [0.2, 0.25) is 10.0 Å². The quantitative estimate of drug-likeness (QED) is 0.0343. The van der Waals surface area contributed by atoms with Crippen LogP contribution in [0.1, 0.15) is 76.9 Å². The molecule has 0 aliphatic heterocycles. The number of aromatic nitrogens is 4. The third kappa shape index (κ3) is 19.3. The van der Waals surface area contributed by atoms with Gasteiger partial charge in [-0.15, -0.1) is 0 Å². The predicted molar refractivity (Wildman–Crippen MR) is 386 cm³/mol. The largest absolute Gasteiger partial charge is 0.497 e. The number of esters is 1. The fourth-order valence-electron chi connectivity index (χ4n) is 12.3. The molecule has 0 atom stereocenters. The molecule has 4 N–H and O–H groups in total. The van der Waals surface area contributed by atoms with Gasteiger partial charge in [-0.05, 0) is 175 Å². The van der Waals surface area contributed by atoms with E-state index in [4.69, 9.17) is 62.2 Å². The first-order valence-corrected chi connectivity index (χ1v) is 33.1. The van der Waals surface area contributed by atoms with Gasteiger partial charge in [-0.3, -0.25) is 37.9 Å². The first-order chi connectivity index (χ1) is 49.8. The molecule has 0 unspecified atom stereocenters. The molecule has 0 bridgehead atoms. The average molecular weight is 1520 g/mol. The Kier molecular flexibility index (Phi) is 27.7. The van der Waals surface area contributed by atoms with Gasteiger partial charge < -0.3 is 67.9 Å². The number of likely N-dealkylation sites (N-methyl/N-ethyl adjacent to an activating group) is 1. The number of alkyl halides is 6. The lowest BCUT2D eigenvalue weighted by molar-refractivity contribution is -0.140. The molecule has 106 heavy (non-hydrogen) atoms. The first-order valence-electron chi connectivity index (χ1n) is 32.4. The van der Waals surface area contributed by atoms with Crippen molar-refractivity contribution in [2.45, 2.75) is 78.1 Å². The zero-order valence-corrected chi connectivity index (χ0v) is 61.7. The van der Waals surface area contributed by atoms with Gasteiger partial charge in [-0.2, -0.15) is 26.3 Å². The maximum atomic E-state index is 14.6. The second-order valence-electron chi connectivity index (χ2n) is 25.1. The molecule has 0 saturated heterocycles. The number of halogens is 9. The van der Waals surface area contributed by atoms with E-state index in [-0.39, 0.29) is 73.4 Å². The normalized spacial score (nSPS) is 11.6. The van der Waals surface area contributed by atoms with Gasteiger partial charge in [-0.1, -0.05) is 23.2 Å². The number of rotatable bonds is 23. The molecule has 22 nitrogen and oxygen atoms in total. The average Bonchev–Trinajstić information content (AvgIpc) is 1.61. The highest BCUT2D eigenvalue weighted by atomic mass is 35.5. The fraction of sp³-hybridized carbons (Fsp3) is 0.333. The van der Waals surface area contributed by atoms with Gasteiger partial charge in [0, 0.05) is 115 Å². The molecule has 0 aliphatic rings. The van der Waals surface area contributed by atoms with E-state index < -0.39 is 53.2 Å². The number of hydrogen-bond acceptors (Lipinski definition) is 15. The van der Waals surface area contributed by atoms with Crippen molar-refractivity contribution in [1.29, 1.82) is 0 Å². The summed E-state index contributed by atoms with van der Waals surface area (Å²) in [5.74, 6) is -4.77. The van der Waals surface area contributed by atoms with Crippen molar-refractivity contribution in [1.82, 2.24) is 33.0 Å². The molecule has 4 heterocycles. The third-order valence-corrected chi connectivity index (χ3v) is 17.7. The summed E-state index contributed by atoms with van der Waals surface area (Å²) < 4.78 is 125. The molecule has 0 aliphatic carbocycles. The summed E-state index contributed by atoms with van der Waals surface area (Å²) in [6.45, 7) is 4.99. The van der Waals surface area contributed by atoms with Crippen LogP contribution in [0.15, 0.2) is 103 Å². The fourth-order valence-corrected chi connectivity index (χ4v) is 12.6. The van der Waals surface area contributed by atoms with Crippen molar-refractivity contribution >= 4 is 103 Å². The van der Waals surface area contributed by atoms with E-state index in [1.54, 1.807) is 96.8 Å². The van der Waals surface area contributed by atoms with Crippen LogP contribution in [0.4, 0.5) is 30.7 Å². The van der Waals surface area contributed by atoms with E-state index in [1.165, 1.54) is 54.7 Å². The number of carboxylic acid groups (broad SMARTS) is 3. The summed E-state index contributed by atoms with van der Waals surface area (Å²) in [6, 6.07) is 25.6. The second-order valence-corrected chi connectivity index (χ2v) is 25.9. The van der Waals surface area contributed by atoms with Crippen molar-refractivity contribution < 1.29 is 104 Å². The smallest absolute Gasteiger partial charge is 0.420 e. The minimum Gasteiger partial charge on any atom is -0.497 e. The monoisotopic (exact) mass is 1520 g/mol. The molecule has 0 saturated carbocycles. The molecule has 0 fully saturated rings. The number of nitrogens with zero attached hydrogens (tertiary/aromatic N) is 7. The van der Waals surface area contributed by atoms with E-state index in [1.807, 2.05) is 57.0 Å². The zero-order valence-electron chi connectivity index (χ0n) is 60.2. The Balaban J connectivity index is 0.000000198. The Labute approximate surface area is 614 Å². The molecule has 0 radical (unpaired) electrons. The van der Waals surface area contributed by atoms with Gasteiger partial charge in [0.05, 0.1) is 90.0 Å². The standard InChI is InChI=1S/C22H22ClFN2O4.C21H21ClN2O4.C17H21F3N2O3.C15H16F3NO4/c1-25(2)12-19-16(10-21(27)30-4)15-9-20(29-3)17(24)11-18(15)26(19)22(28)13-5-7-14(23)8-6-13;1-23(2)12-19-17(11-20(25)26)16-10-15(28-3)8-9-18(16)24(19)21(27)13-4-6-14(22)7-5-13;1-10-11(8-16(23)24)12-7-15(25-4)13(17(18,19)20)9-14(12)22(10)6-5-21(2)3;1-8-9(6-14(21)22)10-5-13(23-2)11(15(16,17)18)7-12(10)19(8)3-4-20/h5-9,11H,10,12H2,1-4H3;4-10H,11-12H2,1-3H3,(H,25,26);7,9H,5-6,8H2,1-4H3,(H,23,24);5,7,20H,3-4,6H2,1-2H3,(H,21,22). The van der Waals surface area contributed by atoms with Crippen molar-refractivity contribution in [2.75, 3.05) is 91.0 Å². The molecule has 0 amide bonds. The molecule has 568 valence electrons. The highest BCUT2D eigenvalue weighted by molar-refractivity contribution is 6.31. The number of aliphatic hydroxyl groups excluding tert-OH is 1. The van der Waals surface area contributed by atoms with Gasteiger partial charge in [0.2, 0.25) is 0 Å². The maximum absolute atomic E-state index is 14.6. The number of benzene rings is 6. The number of methoxy groups -OCH3 is 5. The third-order valence-electron chi connectivity index (χ3n) is 17.2. The number of ether oxygens (including phenoxy) is 5. The Morgan fingerprint density at radius 3 is 1.23 bits per heavy atom. The SMILES string of the molecule is COC(=O)Cc1c(CN(C)C)n(C(=O)c2ccc(Cl)cc2)c2cc(F)c(OC)cc12.COc1cc2c(CC(=O)O)c(C)n(CCN(C)C)c2cc1C(F)(F)F.COc1cc2c(CC(=O)O)c(C)n(CCO)c2cc1C(F)(F)F.COc1ccc2c(c1)c(CC(=O)O)c(CN(C)C)n2C(=O)c1ccc(Cl)cc1. The van der Waals surface area contributed by atoms with Crippen LogP contribution in [-0.2, 0) is 88.1 Å². The van der Waals surface area contributed by atoms with Crippen molar-refractivity contribution in [3.8, 4) is 23.0 Å². The first kappa shape index (κ1) is 83.1. The van der Waals surface area contributed by atoms with E-state index >= 15 is 0 Å². The lowest BCUT2D eigenvalue weighted by Crippen LogP contribution is -2.21. The van der Waals surface area contributed by atoms with Crippen LogP contribution in [0.25, 0.3) is 43.6 Å². The second kappa shape index (κ2) is 35.3. The predicted octanol–water partition coefficient (Wildman–Crippen LogP) is 13.4. The zero-order chi connectivity index (χ0) is 78.7. The van der Waals surface area contributed by atoms with E-state index in [9.17, 15) is 64.6 Å². The molecular weight excluding hydrogens is 1440 g/mol. The van der Waals surface area contributed by atoms with Crippen LogP contribution < -0.4 is 18.9 Å². The van der Waals surface area contributed by atoms with Gasteiger partial charge in [0.15, 0.2) is 11.6 Å². The molecule has 0 spiro atoms. The Morgan fingerprint density at radius 1 is 0.462 bits per heavy atom. The van der Waals surface area contributed by atoms with Crippen LogP contribution >= 0.6 is 23.2 Å². The molecule has 4 aromatic heterocycles. The number of fused-ring (bicyclic) bond motifs is 4. The summed E-state index contributed by atoms with van der Waals surface area (Å²) in [5, 5.41) is 39.9. The number of aliphatic carboxylic acids is 3. The number of hydrogen-bond donors (Lipinski definition) is 4. The lowest BCUT2D eigenvalue weighted by Gasteiger charge is -2.15. The summed E-state index contributed by atoms with van der Waals surface area (Å²) in [4.78, 5) is 78.4. The van der Waals surface area contributed by atoms with E-state index in [2.05, 4.69) is 0 Å². The van der Waals surface area contributed by atoms with Crippen LogP contribution in [-0.4, -0.2) is 180 Å². The minimum absolute atomic E-state index is 0.0288. The molecule has 31 heteroatoms. The summed E-state index contributed by atoms with van der Waals surface area (Å²) in [6.07, 6.45) is -9.99. The van der Waals surface area contributed by atoms with Crippen LogP contribution in [0.3, 0.4) is 0 Å². The molecule has 10 aromatic rings. The van der Waals surface area contributed by atoms with Gasteiger partial charge in [0.1, 0.15) is 17.2 Å². The van der Waals surface area contributed by atoms with E-state index in [0.29, 0.717) is 136 Å². The Morgan fingerprint density at radius 2 is 0.849 bits per heavy atom. The topological polar surface area (TPSA) is 259 Å². The van der Waals surface area contributed by atoms with Crippen molar-refractivity contribution in [3.05, 3.63) is 186 Å². The van der Waals surface area contributed by atoms with Crippen LogP contribution in [0, 0.1) is 19.7 Å². The van der Waals surface area contributed by atoms with Crippen LogP contribution in [0.5, 0.6) is 23.0 Å². The van der Waals surface area contributed by atoms with E-state index in [0.717, 1.165) is 19.2 Å². The maximum Gasteiger partial charge on any atom is 0.420 e. The highest BCUT2D eigenvalue weighted by Crippen LogP contribution is 2.43. The molecular formula is C75H80Cl2F7N7O15. The molecule has 10 rings (SSSR count). The molecule has 6 aromatic carbocycles. The Hall–Kier alpha value is -10.2. The number of aliphatic hydroxyl groups is 1. The summed E-state index contributed by atoms with van der Waals surface area (Å²) in [7, 11) is 17.7. The van der Waals surface area contributed by atoms with Gasteiger partial charge in [0.25, 0.3) is 11.8 Å².